The van der Waals surface area contributed by atoms with E-state index in [1.54, 1.807) is 24.3 Å². The van der Waals surface area contributed by atoms with Crippen LogP contribution in [0.1, 0.15) is 36.0 Å². The van der Waals surface area contributed by atoms with Gasteiger partial charge in [-0.15, -0.1) is 0 Å². The van der Waals surface area contributed by atoms with Gasteiger partial charge in [0.1, 0.15) is 0 Å². The van der Waals surface area contributed by atoms with Crippen molar-refractivity contribution in [3.8, 4) is 0 Å². The zero-order chi connectivity index (χ0) is 17.1. The number of amides is 2. The number of hydrogen-bond donors (Lipinski definition) is 3. The lowest BCUT2D eigenvalue weighted by molar-refractivity contribution is -0.148. The number of anilines is 1. The molecule has 4 rings (SSSR count). The number of benzene rings is 1. The van der Waals surface area contributed by atoms with Crippen LogP contribution < -0.4 is 11.1 Å². The van der Waals surface area contributed by atoms with Crippen molar-refractivity contribution in [1.82, 2.24) is 0 Å². The van der Waals surface area contributed by atoms with E-state index in [2.05, 4.69) is 5.32 Å². The summed E-state index contributed by atoms with van der Waals surface area (Å²) in [5.74, 6) is -2.29. The minimum Gasteiger partial charge on any atom is -0.481 e. The van der Waals surface area contributed by atoms with Gasteiger partial charge in [0.25, 0.3) is 0 Å². The maximum absolute atomic E-state index is 12.8. The van der Waals surface area contributed by atoms with E-state index in [1.807, 2.05) is 0 Å². The summed E-state index contributed by atoms with van der Waals surface area (Å²) in [5, 5.41) is 12.5. The fourth-order valence-electron chi connectivity index (χ4n) is 5.28. The Hall–Kier alpha value is -2.37. The van der Waals surface area contributed by atoms with E-state index in [-0.39, 0.29) is 23.2 Å². The standard InChI is InChI=1S/C18H20N2O4/c19-15(21)9-1-3-10(4-2-9)20-16(22)13-11-5-6-12(14(13)17(23)24)18(11)7-8-18/h1-4,11-14H,5-8H2,(H2,19,21)(H,20,22)(H,23,24). The fourth-order valence-corrected chi connectivity index (χ4v) is 5.28. The van der Waals surface area contributed by atoms with Crippen molar-refractivity contribution >= 4 is 23.5 Å². The minimum absolute atomic E-state index is 0.112. The summed E-state index contributed by atoms with van der Waals surface area (Å²) in [7, 11) is 0. The maximum Gasteiger partial charge on any atom is 0.307 e. The molecule has 6 nitrogen and oxygen atoms in total. The van der Waals surface area contributed by atoms with Gasteiger partial charge in [-0.2, -0.15) is 0 Å². The Morgan fingerprint density at radius 1 is 1.04 bits per heavy atom. The molecule has 1 aromatic carbocycles. The predicted molar refractivity (Wildman–Crippen MR) is 86.1 cm³/mol. The molecule has 3 saturated carbocycles. The Kier molecular flexibility index (Phi) is 3.20. The van der Waals surface area contributed by atoms with E-state index in [9.17, 15) is 19.5 Å². The second kappa shape index (κ2) is 5.06. The molecule has 4 atom stereocenters. The molecular weight excluding hydrogens is 308 g/mol. The van der Waals surface area contributed by atoms with Crippen molar-refractivity contribution in [2.75, 3.05) is 5.32 Å². The molecule has 3 aliphatic carbocycles. The number of aliphatic carboxylic acids is 1. The van der Waals surface area contributed by atoms with Crippen LogP contribution in [0.2, 0.25) is 0 Å². The van der Waals surface area contributed by atoms with Gasteiger partial charge in [-0.05, 0) is 67.2 Å². The molecule has 6 heteroatoms. The Morgan fingerprint density at radius 3 is 2.12 bits per heavy atom. The van der Waals surface area contributed by atoms with Crippen molar-refractivity contribution in [2.24, 2.45) is 34.8 Å². The van der Waals surface area contributed by atoms with Crippen molar-refractivity contribution in [1.29, 1.82) is 0 Å². The highest BCUT2D eigenvalue weighted by Crippen LogP contribution is 2.74. The molecular formula is C18H20N2O4. The average molecular weight is 328 g/mol. The smallest absolute Gasteiger partial charge is 0.307 e. The molecule has 3 aliphatic rings. The van der Waals surface area contributed by atoms with Crippen LogP contribution in [-0.4, -0.2) is 22.9 Å². The Balaban J connectivity index is 1.55. The first kappa shape index (κ1) is 15.2. The number of nitrogens with one attached hydrogen (secondary N) is 1. The number of carbonyl (C=O) groups excluding carboxylic acids is 2. The third kappa shape index (κ3) is 2.05. The summed E-state index contributed by atoms with van der Waals surface area (Å²) in [6.07, 6.45) is 4.00. The molecule has 0 heterocycles. The molecule has 1 aromatic rings. The molecule has 3 fully saturated rings. The van der Waals surface area contributed by atoms with Crippen molar-refractivity contribution in [2.45, 2.75) is 25.7 Å². The molecule has 0 saturated heterocycles. The normalized spacial score (nSPS) is 31.8. The lowest BCUT2D eigenvalue weighted by Gasteiger charge is -2.26. The number of rotatable bonds is 4. The van der Waals surface area contributed by atoms with Gasteiger partial charge in [-0.3, -0.25) is 14.4 Å². The zero-order valence-corrected chi connectivity index (χ0v) is 13.2. The number of carboxylic acids is 1. The predicted octanol–water partition coefficient (Wildman–Crippen LogP) is 1.86. The Labute approximate surface area is 139 Å². The summed E-state index contributed by atoms with van der Waals surface area (Å²) in [6.45, 7) is 0. The number of nitrogens with two attached hydrogens (primary N) is 1. The highest BCUT2D eigenvalue weighted by molar-refractivity contribution is 5.97. The van der Waals surface area contributed by atoms with Crippen molar-refractivity contribution in [3.05, 3.63) is 29.8 Å². The molecule has 126 valence electrons. The van der Waals surface area contributed by atoms with Gasteiger partial charge in [-0.1, -0.05) is 0 Å². The lowest BCUT2D eigenvalue weighted by atomic mass is 9.78. The molecule has 0 aromatic heterocycles. The van der Waals surface area contributed by atoms with Crippen LogP contribution >= 0.6 is 0 Å². The first-order valence-electron chi connectivity index (χ1n) is 8.37. The number of primary amides is 1. The van der Waals surface area contributed by atoms with E-state index in [0.717, 1.165) is 25.7 Å². The van der Waals surface area contributed by atoms with Crippen LogP contribution in [0.3, 0.4) is 0 Å². The SMILES string of the molecule is NC(=O)c1ccc(NC(=O)C2C(C(=O)O)C3CCC2C32CC2)cc1. The van der Waals surface area contributed by atoms with E-state index < -0.39 is 23.7 Å². The van der Waals surface area contributed by atoms with Gasteiger partial charge >= 0.3 is 5.97 Å². The van der Waals surface area contributed by atoms with Crippen LogP contribution in [0.4, 0.5) is 5.69 Å². The van der Waals surface area contributed by atoms with Crippen LogP contribution in [0, 0.1) is 29.1 Å². The Bertz CT molecular complexity index is 723. The van der Waals surface area contributed by atoms with Gasteiger partial charge in [0.2, 0.25) is 11.8 Å². The van der Waals surface area contributed by atoms with Gasteiger partial charge < -0.3 is 16.2 Å². The molecule has 1 spiro atoms. The third-order valence-corrected chi connectivity index (χ3v) is 6.37. The van der Waals surface area contributed by atoms with Crippen LogP contribution in [0.15, 0.2) is 24.3 Å². The van der Waals surface area contributed by atoms with E-state index in [1.165, 1.54) is 0 Å². The van der Waals surface area contributed by atoms with Crippen LogP contribution in [0.5, 0.6) is 0 Å². The van der Waals surface area contributed by atoms with Gasteiger partial charge in [0.15, 0.2) is 0 Å². The molecule has 0 aliphatic heterocycles. The van der Waals surface area contributed by atoms with Crippen LogP contribution in [0.25, 0.3) is 0 Å². The summed E-state index contributed by atoms with van der Waals surface area (Å²) in [4.78, 5) is 35.6. The average Bonchev–Trinajstić information content (AvgIpc) is 3.21. The first-order chi connectivity index (χ1) is 11.4. The molecule has 4 unspecified atom stereocenters. The zero-order valence-electron chi connectivity index (χ0n) is 13.2. The fraction of sp³-hybridized carbons (Fsp3) is 0.500. The summed E-state index contributed by atoms with van der Waals surface area (Å²) < 4.78 is 0. The topological polar surface area (TPSA) is 109 Å². The van der Waals surface area contributed by atoms with E-state index in [0.29, 0.717) is 11.3 Å². The van der Waals surface area contributed by atoms with Crippen LogP contribution in [-0.2, 0) is 9.59 Å². The Morgan fingerprint density at radius 2 is 1.62 bits per heavy atom. The number of hydrogen-bond acceptors (Lipinski definition) is 3. The quantitative estimate of drug-likeness (QED) is 0.783. The second-order valence-corrected chi connectivity index (χ2v) is 7.34. The number of carbonyl (C=O) groups is 3. The summed E-state index contributed by atoms with van der Waals surface area (Å²) in [5.41, 5.74) is 6.24. The summed E-state index contributed by atoms with van der Waals surface area (Å²) >= 11 is 0. The largest absolute Gasteiger partial charge is 0.481 e. The highest BCUT2D eigenvalue weighted by Gasteiger charge is 2.71. The van der Waals surface area contributed by atoms with Crippen molar-refractivity contribution < 1.29 is 19.5 Å². The van der Waals surface area contributed by atoms with Gasteiger partial charge in [-0.25, -0.2) is 0 Å². The highest BCUT2D eigenvalue weighted by atomic mass is 16.4. The molecule has 4 N–H and O–H groups in total. The molecule has 24 heavy (non-hydrogen) atoms. The molecule has 2 amide bonds. The molecule has 0 radical (unpaired) electrons. The first-order valence-corrected chi connectivity index (χ1v) is 8.37. The lowest BCUT2D eigenvalue weighted by Crippen LogP contribution is -2.37. The third-order valence-electron chi connectivity index (χ3n) is 6.37. The minimum atomic E-state index is -0.849. The van der Waals surface area contributed by atoms with Crippen molar-refractivity contribution in [3.63, 3.8) is 0 Å². The molecule has 2 bridgehead atoms. The summed E-state index contributed by atoms with van der Waals surface area (Å²) in [6, 6.07) is 6.34. The van der Waals surface area contributed by atoms with E-state index in [4.69, 9.17) is 5.73 Å². The maximum atomic E-state index is 12.8. The van der Waals surface area contributed by atoms with E-state index >= 15 is 0 Å². The number of carboxylic acid groups (broad SMARTS) is 1. The van der Waals surface area contributed by atoms with Gasteiger partial charge in [0.05, 0.1) is 11.8 Å². The second-order valence-electron chi connectivity index (χ2n) is 7.34. The van der Waals surface area contributed by atoms with Gasteiger partial charge in [0, 0.05) is 11.3 Å². The monoisotopic (exact) mass is 328 g/mol.